The van der Waals surface area contributed by atoms with E-state index in [0.29, 0.717) is 0 Å². The lowest BCUT2D eigenvalue weighted by Gasteiger charge is -2.22. The van der Waals surface area contributed by atoms with Crippen LogP contribution < -0.4 is 11.1 Å². The van der Waals surface area contributed by atoms with Gasteiger partial charge in [-0.2, -0.15) is 0 Å². The van der Waals surface area contributed by atoms with Crippen LogP contribution in [0.3, 0.4) is 0 Å². The van der Waals surface area contributed by atoms with Gasteiger partial charge in [0.05, 0.1) is 0 Å². The number of unbranched alkanes of at least 4 members (excludes halogenated alkanes) is 24. The van der Waals surface area contributed by atoms with E-state index in [4.69, 9.17) is 5.73 Å². The van der Waals surface area contributed by atoms with Gasteiger partial charge in [-0.25, -0.2) is 0 Å². The quantitative estimate of drug-likeness (QED) is 0.0548. The van der Waals surface area contributed by atoms with Crippen LogP contribution in [0, 0.1) is 0 Å². The summed E-state index contributed by atoms with van der Waals surface area (Å²) < 4.78 is 0. The predicted octanol–water partition coefficient (Wildman–Crippen LogP) is 11.9. The molecule has 0 aliphatic rings. The first-order valence-electron chi connectivity index (χ1n) is 19.8. The summed E-state index contributed by atoms with van der Waals surface area (Å²) >= 11 is 0. The lowest BCUT2D eigenvalue weighted by molar-refractivity contribution is 0.260. The third-order valence-electron chi connectivity index (χ3n) is 8.90. The average Bonchev–Trinajstić information content (AvgIpc) is 3.02. The van der Waals surface area contributed by atoms with Crippen molar-refractivity contribution < 1.29 is 0 Å². The number of nitrogens with two attached hydrogens (primary N) is 1. The van der Waals surface area contributed by atoms with Crippen LogP contribution in [0.5, 0.6) is 0 Å². The second kappa shape index (κ2) is 39.4. The monoisotopic (exact) mass is 604 g/mol. The maximum atomic E-state index is 5.67. The summed E-state index contributed by atoms with van der Waals surface area (Å²) in [5, 5.41) is 3.50. The molecule has 3 N–H and O–H groups in total. The lowest BCUT2D eigenvalue weighted by Crippen LogP contribution is -2.35. The Morgan fingerprint density at radius 3 is 1.07 bits per heavy atom. The minimum Gasteiger partial charge on any atom is -0.329 e. The second-order valence-electron chi connectivity index (χ2n) is 13.3. The summed E-state index contributed by atoms with van der Waals surface area (Å²) in [5.74, 6) is 0. The van der Waals surface area contributed by atoms with Crippen molar-refractivity contribution >= 4 is 0 Å². The lowest BCUT2D eigenvalue weighted by atomic mass is 10.1. The van der Waals surface area contributed by atoms with E-state index in [1.54, 1.807) is 0 Å². The summed E-state index contributed by atoms with van der Waals surface area (Å²) in [7, 11) is 0. The zero-order valence-electron chi connectivity index (χ0n) is 29.9. The minimum absolute atomic E-state index is 0.740. The van der Waals surface area contributed by atoms with Crippen LogP contribution >= 0.6 is 0 Å². The van der Waals surface area contributed by atoms with Gasteiger partial charge in [-0.05, 0) is 77.3 Å². The van der Waals surface area contributed by atoms with Crippen LogP contribution in [0.25, 0.3) is 0 Å². The van der Waals surface area contributed by atoms with E-state index >= 15 is 0 Å². The van der Waals surface area contributed by atoms with E-state index in [1.807, 2.05) is 0 Å². The van der Waals surface area contributed by atoms with Crippen molar-refractivity contribution in [3.05, 3.63) is 24.3 Å². The molecule has 0 spiro atoms. The van der Waals surface area contributed by atoms with Gasteiger partial charge in [0, 0.05) is 26.2 Å². The van der Waals surface area contributed by atoms with Crippen LogP contribution in [0.15, 0.2) is 24.3 Å². The van der Waals surface area contributed by atoms with Gasteiger partial charge in [-0.15, -0.1) is 0 Å². The van der Waals surface area contributed by atoms with Crippen molar-refractivity contribution in [2.75, 3.05) is 39.3 Å². The Hall–Kier alpha value is -0.640. The Bertz CT molecular complexity index is 502. The van der Waals surface area contributed by atoms with Gasteiger partial charge in [0.2, 0.25) is 0 Å². The van der Waals surface area contributed by atoms with Crippen molar-refractivity contribution in [3.8, 4) is 0 Å². The fourth-order valence-electron chi connectivity index (χ4n) is 5.97. The van der Waals surface area contributed by atoms with Crippen LogP contribution in [0.2, 0.25) is 0 Å². The Morgan fingerprint density at radius 1 is 0.395 bits per heavy atom. The Morgan fingerprint density at radius 2 is 0.721 bits per heavy atom. The van der Waals surface area contributed by atoms with Crippen LogP contribution in [0.4, 0.5) is 0 Å². The summed E-state index contributed by atoms with van der Waals surface area (Å²) in [4.78, 5) is 2.72. The standard InChI is InChI=1S/C40H81N3/c1-3-5-7-9-11-13-15-17-19-21-23-25-27-29-31-33-38-43(40-37-42-36-35-41)39-34-32-30-28-26-24-22-20-18-16-14-12-10-8-6-4-2/h17-20,42H,3-16,21-41H2,1-2H3. The number of rotatable bonds is 37. The van der Waals surface area contributed by atoms with E-state index in [9.17, 15) is 0 Å². The van der Waals surface area contributed by atoms with Gasteiger partial charge in [0.1, 0.15) is 0 Å². The summed E-state index contributed by atoms with van der Waals surface area (Å²) in [5.41, 5.74) is 5.67. The molecule has 43 heavy (non-hydrogen) atoms. The van der Waals surface area contributed by atoms with Crippen molar-refractivity contribution in [2.45, 2.75) is 194 Å². The maximum absolute atomic E-state index is 5.67. The third kappa shape index (κ3) is 37.5. The molecule has 0 saturated carbocycles. The molecule has 0 aromatic heterocycles. The maximum Gasteiger partial charge on any atom is 0.0107 e. The number of hydrogen-bond donors (Lipinski definition) is 2. The molecule has 3 nitrogen and oxygen atoms in total. The summed E-state index contributed by atoms with van der Waals surface area (Å²) in [6.07, 6.45) is 48.5. The first kappa shape index (κ1) is 42.4. The van der Waals surface area contributed by atoms with Crippen molar-refractivity contribution in [1.29, 1.82) is 0 Å². The Kier molecular flexibility index (Phi) is 38.8. The van der Waals surface area contributed by atoms with Gasteiger partial charge >= 0.3 is 0 Å². The first-order valence-corrected chi connectivity index (χ1v) is 19.8. The second-order valence-corrected chi connectivity index (χ2v) is 13.3. The number of hydrogen-bond acceptors (Lipinski definition) is 3. The third-order valence-corrected chi connectivity index (χ3v) is 8.90. The molecule has 0 bridgehead atoms. The fourth-order valence-corrected chi connectivity index (χ4v) is 5.97. The van der Waals surface area contributed by atoms with Gasteiger partial charge in [0.15, 0.2) is 0 Å². The highest BCUT2D eigenvalue weighted by Gasteiger charge is 2.05. The number of nitrogens with zero attached hydrogens (tertiary/aromatic N) is 1. The highest BCUT2D eigenvalue weighted by atomic mass is 15.1. The molecule has 0 aromatic rings. The smallest absolute Gasteiger partial charge is 0.0107 e. The molecule has 3 heteroatoms. The number of allylic oxidation sites excluding steroid dienone is 4. The molecule has 0 amide bonds. The largest absolute Gasteiger partial charge is 0.329 e. The molecule has 0 heterocycles. The van der Waals surface area contributed by atoms with E-state index in [0.717, 1.165) is 19.6 Å². The van der Waals surface area contributed by atoms with Crippen LogP contribution in [-0.2, 0) is 0 Å². The van der Waals surface area contributed by atoms with Crippen LogP contribution in [0.1, 0.15) is 194 Å². The molecule has 0 aromatic carbocycles. The number of nitrogens with one attached hydrogen (secondary N) is 1. The summed E-state index contributed by atoms with van der Waals surface area (Å²) in [6, 6.07) is 0. The molecular weight excluding hydrogens is 522 g/mol. The van der Waals surface area contributed by atoms with E-state index in [2.05, 4.69) is 48.4 Å². The van der Waals surface area contributed by atoms with Crippen molar-refractivity contribution in [2.24, 2.45) is 5.73 Å². The van der Waals surface area contributed by atoms with Crippen molar-refractivity contribution in [1.82, 2.24) is 10.2 Å². The normalized spacial score (nSPS) is 12.1. The van der Waals surface area contributed by atoms with Crippen molar-refractivity contribution in [3.63, 3.8) is 0 Å². The topological polar surface area (TPSA) is 41.3 Å². The molecule has 0 radical (unpaired) electrons. The van der Waals surface area contributed by atoms with Crippen LogP contribution in [-0.4, -0.2) is 44.2 Å². The first-order chi connectivity index (χ1) is 21.3. The fraction of sp³-hybridized carbons (Fsp3) is 0.900. The molecule has 256 valence electrons. The predicted molar refractivity (Wildman–Crippen MR) is 197 cm³/mol. The highest BCUT2D eigenvalue weighted by molar-refractivity contribution is 4.82. The zero-order valence-corrected chi connectivity index (χ0v) is 29.9. The average molecular weight is 604 g/mol. The highest BCUT2D eigenvalue weighted by Crippen LogP contribution is 2.12. The van der Waals surface area contributed by atoms with E-state index < -0.39 is 0 Å². The zero-order chi connectivity index (χ0) is 31.2. The van der Waals surface area contributed by atoms with Gasteiger partial charge in [-0.1, -0.05) is 154 Å². The molecule has 0 atom stereocenters. The molecule has 0 rings (SSSR count). The van der Waals surface area contributed by atoms with E-state index in [1.165, 1.54) is 199 Å². The molecule has 0 fully saturated rings. The summed E-state index contributed by atoms with van der Waals surface area (Å²) in [6.45, 7) is 11.1. The van der Waals surface area contributed by atoms with E-state index in [-0.39, 0.29) is 0 Å². The molecule has 0 saturated heterocycles. The molecule has 0 aliphatic heterocycles. The Balaban J connectivity index is 3.69. The molecular formula is C40H81N3. The Labute approximate surface area is 272 Å². The van der Waals surface area contributed by atoms with Gasteiger partial charge in [-0.3, -0.25) is 0 Å². The van der Waals surface area contributed by atoms with Gasteiger partial charge in [0.25, 0.3) is 0 Å². The molecule has 0 unspecified atom stereocenters. The van der Waals surface area contributed by atoms with Gasteiger partial charge < -0.3 is 16.0 Å². The molecule has 0 aliphatic carbocycles. The SMILES string of the molecule is CCCCCCCCC=CCCCCCCCCN(CCCCCCCCC=CCCCCCCCC)CCNCCN. The minimum atomic E-state index is 0.740.